The fraction of sp³-hybridized carbons (Fsp3) is 0.867. The molecule has 0 aromatic heterocycles. The van der Waals surface area contributed by atoms with Crippen LogP contribution in [0.1, 0.15) is 41.0 Å². The van der Waals surface area contributed by atoms with E-state index in [1.165, 1.54) is 6.92 Å². The average molecular weight is 285 g/mol. The first-order chi connectivity index (χ1) is 9.36. The number of ether oxygens (including phenoxy) is 2. The third kappa shape index (κ3) is 4.47. The number of esters is 1. The summed E-state index contributed by atoms with van der Waals surface area (Å²) in [5.41, 5.74) is 0. The van der Waals surface area contributed by atoms with Crippen LogP contribution < -0.4 is 5.32 Å². The minimum absolute atomic E-state index is 0.0303. The molecule has 5 nitrogen and oxygen atoms in total. The second kappa shape index (κ2) is 7.62. The van der Waals surface area contributed by atoms with Gasteiger partial charge in [0.15, 0.2) is 0 Å². The first kappa shape index (κ1) is 17.0. The summed E-state index contributed by atoms with van der Waals surface area (Å²) in [6.45, 7) is 10.5. The number of carbonyl (C=O) groups is 2. The molecule has 1 aliphatic rings. The van der Waals surface area contributed by atoms with E-state index >= 15 is 0 Å². The monoisotopic (exact) mass is 285 g/mol. The van der Waals surface area contributed by atoms with Crippen molar-refractivity contribution in [3.05, 3.63) is 0 Å². The molecule has 116 valence electrons. The number of rotatable bonds is 5. The maximum absolute atomic E-state index is 11.4. The molecule has 0 saturated carbocycles. The van der Waals surface area contributed by atoms with Crippen molar-refractivity contribution in [3.8, 4) is 0 Å². The molecule has 0 aromatic carbocycles. The van der Waals surface area contributed by atoms with Gasteiger partial charge in [0.2, 0.25) is 5.91 Å². The van der Waals surface area contributed by atoms with Crippen molar-refractivity contribution in [2.75, 3.05) is 13.2 Å². The molecule has 0 radical (unpaired) electrons. The zero-order valence-corrected chi connectivity index (χ0v) is 13.1. The van der Waals surface area contributed by atoms with E-state index in [0.29, 0.717) is 30.7 Å². The standard InChI is InChI=1S/C15H27NO4/c1-6-15(18)16-7-13-10(3)9(2)11(4)14(20-13)8-19-12(5)17/h9-11,13-14H,6-8H2,1-5H3,(H,16,18). The first-order valence-electron chi connectivity index (χ1n) is 7.42. The minimum atomic E-state index is -0.289. The molecule has 1 heterocycles. The van der Waals surface area contributed by atoms with Crippen molar-refractivity contribution in [2.24, 2.45) is 17.8 Å². The fourth-order valence-electron chi connectivity index (χ4n) is 2.59. The lowest BCUT2D eigenvalue weighted by Crippen LogP contribution is -2.50. The second-order valence-corrected chi connectivity index (χ2v) is 5.75. The molecule has 1 saturated heterocycles. The van der Waals surface area contributed by atoms with E-state index in [2.05, 4.69) is 26.1 Å². The molecule has 0 aromatic rings. The topological polar surface area (TPSA) is 64.6 Å². The molecule has 1 aliphatic heterocycles. The van der Waals surface area contributed by atoms with Gasteiger partial charge in [0, 0.05) is 19.9 Å². The van der Waals surface area contributed by atoms with Crippen molar-refractivity contribution < 1.29 is 19.1 Å². The van der Waals surface area contributed by atoms with E-state index in [4.69, 9.17) is 9.47 Å². The molecular weight excluding hydrogens is 258 g/mol. The number of hydrogen-bond donors (Lipinski definition) is 1. The van der Waals surface area contributed by atoms with Gasteiger partial charge in [-0.05, 0) is 17.8 Å². The van der Waals surface area contributed by atoms with E-state index < -0.39 is 0 Å². The molecular formula is C15H27NO4. The van der Waals surface area contributed by atoms with Crippen molar-refractivity contribution in [3.63, 3.8) is 0 Å². The van der Waals surface area contributed by atoms with Gasteiger partial charge in [0.25, 0.3) is 0 Å². The van der Waals surface area contributed by atoms with E-state index in [-0.39, 0.29) is 30.7 Å². The summed E-state index contributed by atoms with van der Waals surface area (Å²) >= 11 is 0. The highest BCUT2D eigenvalue weighted by molar-refractivity contribution is 5.75. The van der Waals surface area contributed by atoms with Crippen LogP contribution in [0.5, 0.6) is 0 Å². The van der Waals surface area contributed by atoms with Crippen LogP contribution in [0.2, 0.25) is 0 Å². The lowest BCUT2D eigenvalue weighted by atomic mass is 9.76. The van der Waals surface area contributed by atoms with Gasteiger partial charge in [0.05, 0.1) is 12.2 Å². The van der Waals surface area contributed by atoms with E-state index in [9.17, 15) is 9.59 Å². The Bertz CT molecular complexity index is 345. The summed E-state index contributed by atoms with van der Waals surface area (Å²) in [7, 11) is 0. The van der Waals surface area contributed by atoms with E-state index in [0.717, 1.165) is 0 Å². The van der Waals surface area contributed by atoms with Crippen LogP contribution in [0.15, 0.2) is 0 Å². The maximum Gasteiger partial charge on any atom is 0.302 e. The Balaban J connectivity index is 2.60. The lowest BCUT2D eigenvalue weighted by Gasteiger charge is -2.43. The number of nitrogens with one attached hydrogen (secondary N) is 1. The molecule has 1 fully saturated rings. The van der Waals surface area contributed by atoms with Crippen LogP contribution in [0.25, 0.3) is 0 Å². The van der Waals surface area contributed by atoms with Gasteiger partial charge in [0.1, 0.15) is 6.61 Å². The Morgan fingerprint density at radius 2 is 1.70 bits per heavy atom. The quantitative estimate of drug-likeness (QED) is 0.782. The zero-order chi connectivity index (χ0) is 15.3. The Labute approximate surface area is 121 Å². The molecule has 5 unspecified atom stereocenters. The fourth-order valence-corrected chi connectivity index (χ4v) is 2.59. The highest BCUT2D eigenvalue weighted by Gasteiger charge is 2.39. The largest absolute Gasteiger partial charge is 0.463 e. The number of hydrogen-bond acceptors (Lipinski definition) is 4. The van der Waals surface area contributed by atoms with Crippen molar-refractivity contribution in [2.45, 2.75) is 53.2 Å². The van der Waals surface area contributed by atoms with Gasteiger partial charge in [-0.3, -0.25) is 9.59 Å². The van der Waals surface area contributed by atoms with E-state index in [1.807, 2.05) is 6.92 Å². The molecule has 0 spiro atoms. The zero-order valence-electron chi connectivity index (χ0n) is 13.1. The van der Waals surface area contributed by atoms with E-state index in [1.54, 1.807) is 0 Å². The second-order valence-electron chi connectivity index (χ2n) is 5.75. The molecule has 0 bridgehead atoms. The van der Waals surface area contributed by atoms with Gasteiger partial charge in [-0.25, -0.2) is 0 Å². The molecule has 1 rings (SSSR count). The molecule has 0 aliphatic carbocycles. The molecule has 5 heteroatoms. The summed E-state index contributed by atoms with van der Waals surface area (Å²) in [4.78, 5) is 22.3. The normalized spacial score (nSPS) is 33.5. The van der Waals surface area contributed by atoms with Gasteiger partial charge >= 0.3 is 5.97 Å². The number of carbonyl (C=O) groups excluding carboxylic acids is 2. The van der Waals surface area contributed by atoms with Crippen molar-refractivity contribution in [1.29, 1.82) is 0 Å². The third-order valence-electron chi connectivity index (χ3n) is 4.45. The molecule has 5 atom stereocenters. The first-order valence-corrected chi connectivity index (χ1v) is 7.42. The Morgan fingerprint density at radius 1 is 1.10 bits per heavy atom. The average Bonchev–Trinajstić information content (AvgIpc) is 2.42. The maximum atomic E-state index is 11.4. The van der Waals surface area contributed by atoms with Gasteiger partial charge in [-0.2, -0.15) is 0 Å². The highest BCUT2D eigenvalue weighted by atomic mass is 16.6. The van der Waals surface area contributed by atoms with Crippen LogP contribution in [0.4, 0.5) is 0 Å². The minimum Gasteiger partial charge on any atom is -0.463 e. The summed E-state index contributed by atoms with van der Waals surface area (Å²) < 4.78 is 11.1. The lowest BCUT2D eigenvalue weighted by molar-refractivity contribution is -0.167. The summed E-state index contributed by atoms with van der Waals surface area (Å²) in [5.74, 6) is 0.873. The van der Waals surface area contributed by atoms with Crippen LogP contribution >= 0.6 is 0 Å². The van der Waals surface area contributed by atoms with Gasteiger partial charge in [-0.15, -0.1) is 0 Å². The third-order valence-corrected chi connectivity index (χ3v) is 4.45. The highest BCUT2D eigenvalue weighted by Crippen LogP contribution is 2.34. The molecule has 1 N–H and O–H groups in total. The van der Waals surface area contributed by atoms with Crippen LogP contribution in [-0.2, 0) is 19.1 Å². The summed E-state index contributed by atoms with van der Waals surface area (Å²) in [6.07, 6.45) is 0.343. The van der Waals surface area contributed by atoms with Gasteiger partial charge in [-0.1, -0.05) is 27.7 Å². The smallest absolute Gasteiger partial charge is 0.302 e. The van der Waals surface area contributed by atoms with Crippen molar-refractivity contribution in [1.82, 2.24) is 5.32 Å². The van der Waals surface area contributed by atoms with Crippen molar-refractivity contribution >= 4 is 11.9 Å². The number of amides is 1. The predicted octanol–water partition coefficient (Wildman–Crippen LogP) is 1.75. The Hall–Kier alpha value is -1.10. The molecule has 20 heavy (non-hydrogen) atoms. The Kier molecular flexibility index (Phi) is 6.46. The van der Waals surface area contributed by atoms with Crippen LogP contribution in [0, 0.1) is 17.8 Å². The summed E-state index contributed by atoms with van der Waals surface area (Å²) in [6, 6.07) is 0. The van der Waals surface area contributed by atoms with Gasteiger partial charge < -0.3 is 14.8 Å². The Morgan fingerprint density at radius 3 is 2.25 bits per heavy atom. The predicted molar refractivity (Wildman–Crippen MR) is 76.1 cm³/mol. The molecule has 1 amide bonds. The van der Waals surface area contributed by atoms with Crippen LogP contribution in [-0.4, -0.2) is 37.2 Å². The van der Waals surface area contributed by atoms with Crippen LogP contribution in [0.3, 0.4) is 0 Å². The summed E-state index contributed by atoms with van der Waals surface area (Å²) in [5, 5.41) is 2.88. The SMILES string of the molecule is CCC(=O)NCC1OC(COC(C)=O)C(C)C(C)C1C.